The minimum Gasteiger partial charge on any atom is -0.360 e. The molecule has 0 saturated carbocycles. The van der Waals surface area contributed by atoms with Crippen LogP contribution in [-0.2, 0) is 27.5 Å². The summed E-state index contributed by atoms with van der Waals surface area (Å²) in [7, 11) is 0. The van der Waals surface area contributed by atoms with Crippen molar-refractivity contribution in [1.82, 2.24) is 14.8 Å². The minimum atomic E-state index is -0.647. The second-order valence-electron chi connectivity index (χ2n) is 6.74. The number of ether oxygens (including phenoxy) is 1. The third-order valence-corrected chi connectivity index (χ3v) is 4.80. The van der Waals surface area contributed by atoms with Crippen LogP contribution in [0.1, 0.15) is 51.5 Å². The number of rotatable bonds is 7. The van der Waals surface area contributed by atoms with E-state index in [0.717, 1.165) is 17.0 Å². The highest BCUT2D eigenvalue weighted by Gasteiger charge is 2.39. The predicted octanol–water partition coefficient (Wildman–Crippen LogP) is 2.43. The fourth-order valence-corrected chi connectivity index (χ4v) is 3.15. The van der Waals surface area contributed by atoms with E-state index in [0.29, 0.717) is 24.8 Å². The maximum absolute atomic E-state index is 12.5. The van der Waals surface area contributed by atoms with Crippen LogP contribution in [0.3, 0.4) is 0 Å². The molecular formula is C20H23N3O5. The van der Waals surface area contributed by atoms with Gasteiger partial charge in [0.2, 0.25) is 0 Å². The monoisotopic (exact) mass is 385 g/mol. The molecular weight excluding hydrogens is 362 g/mol. The average molecular weight is 385 g/mol. The van der Waals surface area contributed by atoms with Crippen LogP contribution < -0.4 is 0 Å². The van der Waals surface area contributed by atoms with Gasteiger partial charge in [-0.3, -0.25) is 9.59 Å². The van der Waals surface area contributed by atoms with Crippen molar-refractivity contribution >= 4 is 17.8 Å². The van der Waals surface area contributed by atoms with E-state index in [2.05, 4.69) is 5.10 Å². The summed E-state index contributed by atoms with van der Waals surface area (Å²) in [6, 6.07) is 6.38. The van der Waals surface area contributed by atoms with Crippen LogP contribution in [0, 0.1) is 19.8 Å². The molecule has 0 spiro atoms. The zero-order chi connectivity index (χ0) is 20.4. The minimum absolute atomic E-state index is 0.233. The number of aryl methyl sites for hydroxylation is 1. The quantitative estimate of drug-likeness (QED) is 0.680. The Hall–Kier alpha value is -3.00. The van der Waals surface area contributed by atoms with E-state index in [9.17, 15) is 14.4 Å². The van der Waals surface area contributed by atoms with Crippen molar-refractivity contribution in [2.75, 3.05) is 6.61 Å². The van der Waals surface area contributed by atoms with Crippen LogP contribution in [0.4, 0.5) is 0 Å². The van der Waals surface area contributed by atoms with Crippen LogP contribution in [0.5, 0.6) is 0 Å². The molecule has 1 aliphatic heterocycles. The molecule has 1 aromatic carbocycles. The summed E-state index contributed by atoms with van der Waals surface area (Å²) >= 11 is 0. The zero-order valence-corrected chi connectivity index (χ0v) is 16.4. The van der Waals surface area contributed by atoms with Gasteiger partial charge in [-0.2, -0.15) is 5.10 Å². The summed E-state index contributed by atoms with van der Waals surface area (Å²) in [4.78, 5) is 42.3. The molecule has 0 N–H and O–H groups in total. The fraction of sp³-hybridized carbons (Fsp3) is 0.400. The SMILES string of the molecule is CCOCn1nc(C)c(CC(C)C(=O)ON2C(=O)c3ccccc3C2=O)c1C. The molecule has 2 aromatic rings. The maximum Gasteiger partial charge on any atom is 0.336 e. The lowest BCUT2D eigenvalue weighted by Crippen LogP contribution is -2.35. The van der Waals surface area contributed by atoms with E-state index in [1.54, 1.807) is 23.7 Å². The van der Waals surface area contributed by atoms with Gasteiger partial charge in [-0.15, -0.1) is 0 Å². The number of benzene rings is 1. The first kappa shape index (κ1) is 19.8. The van der Waals surface area contributed by atoms with E-state index in [1.165, 1.54) is 12.1 Å². The Bertz CT molecular complexity index is 899. The van der Waals surface area contributed by atoms with Gasteiger partial charge in [0.05, 0.1) is 22.7 Å². The second kappa shape index (κ2) is 7.93. The number of amides is 2. The highest BCUT2D eigenvalue weighted by atomic mass is 16.7. The molecule has 0 radical (unpaired) electrons. The van der Waals surface area contributed by atoms with Crippen molar-refractivity contribution in [3.8, 4) is 0 Å². The highest BCUT2D eigenvalue weighted by molar-refractivity contribution is 6.20. The number of imide groups is 1. The summed E-state index contributed by atoms with van der Waals surface area (Å²) < 4.78 is 7.14. The maximum atomic E-state index is 12.5. The molecule has 0 saturated heterocycles. The summed E-state index contributed by atoms with van der Waals surface area (Å²) in [5.74, 6) is -2.46. The zero-order valence-electron chi connectivity index (χ0n) is 16.4. The highest BCUT2D eigenvalue weighted by Crippen LogP contribution is 2.24. The normalized spacial score (nSPS) is 14.4. The van der Waals surface area contributed by atoms with Crippen LogP contribution in [0.15, 0.2) is 24.3 Å². The van der Waals surface area contributed by atoms with Crippen LogP contribution >= 0.6 is 0 Å². The molecule has 1 aromatic heterocycles. The Kier molecular flexibility index (Phi) is 5.60. The first-order valence-electron chi connectivity index (χ1n) is 9.15. The Morgan fingerprint density at radius 1 is 1.14 bits per heavy atom. The van der Waals surface area contributed by atoms with E-state index in [-0.39, 0.29) is 11.1 Å². The first-order valence-corrected chi connectivity index (χ1v) is 9.15. The number of carbonyl (C=O) groups is 3. The van der Waals surface area contributed by atoms with Crippen LogP contribution in [-0.4, -0.2) is 39.2 Å². The van der Waals surface area contributed by atoms with Gasteiger partial charge in [0.25, 0.3) is 11.8 Å². The molecule has 0 fully saturated rings. The van der Waals surface area contributed by atoms with Crippen molar-refractivity contribution < 1.29 is 24.0 Å². The summed E-state index contributed by atoms with van der Waals surface area (Å²) in [6.45, 7) is 8.31. The second-order valence-corrected chi connectivity index (χ2v) is 6.74. The van der Waals surface area contributed by atoms with Gasteiger partial charge in [0, 0.05) is 12.3 Å². The lowest BCUT2D eigenvalue weighted by atomic mass is 10.00. The topological polar surface area (TPSA) is 90.7 Å². The van der Waals surface area contributed by atoms with E-state index < -0.39 is 23.7 Å². The van der Waals surface area contributed by atoms with Gasteiger partial charge in [0.15, 0.2) is 0 Å². The van der Waals surface area contributed by atoms with E-state index >= 15 is 0 Å². The third-order valence-electron chi connectivity index (χ3n) is 4.80. The van der Waals surface area contributed by atoms with Gasteiger partial charge in [0.1, 0.15) is 6.73 Å². The predicted molar refractivity (Wildman–Crippen MR) is 99.2 cm³/mol. The Balaban J connectivity index is 1.69. The average Bonchev–Trinajstić information content (AvgIpc) is 3.09. The largest absolute Gasteiger partial charge is 0.360 e. The Morgan fingerprint density at radius 2 is 1.75 bits per heavy atom. The third kappa shape index (κ3) is 3.55. The number of aromatic nitrogens is 2. The number of hydrogen-bond donors (Lipinski definition) is 0. The van der Waals surface area contributed by atoms with Gasteiger partial charge in [-0.05, 0) is 44.9 Å². The summed E-state index contributed by atoms with van der Waals surface area (Å²) in [5, 5.41) is 4.98. The molecule has 0 aliphatic carbocycles. The number of carbonyl (C=O) groups excluding carboxylic acids is 3. The lowest BCUT2D eigenvalue weighted by Gasteiger charge is -2.16. The molecule has 1 aliphatic rings. The Morgan fingerprint density at radius 3 is 2.32 bits per heavy atom. The molecule has 0 bridgehead atoms. The molecule has 8 nitrogen and oxygen atoms in total. The molecule has 28 heavy (non-hydrogen) atoms. The van der Waals surface area contributed by atoms with Crippen molar-refractivity contribution in [3.05, 3.63) is 52.3 Å². The molecule has 1 atom stereocenters. The van der Waals surface area contributed by atoms with Crippen LogP contribution in [0.2, 0.25) is 0 Å². The number of nitrogens with zero attached hydrogens (tertiary/aromatic N) is 3. The van der Waals surface area contributed by atoms with Gasteiger partial charge in [-0.25, -0.2) is 9.48 Å². The molecule has 2 amide bonds. The van der Waals surface area contributed by atoms with E-state index in [4.69, 9.17) is 9.57 Å². The van der Waals surface area contributed by atoms with Gasteiger partial charge in [-0.1, -0.05) is 24.1 Å². The smallest absolute Gasteiger partial charge is 0.336 e. The van der Waals surface area contributed by atoms with Gasteiger partial charge >= 0.3 is 5.97 Å². The standard InChI is InChI=1S/C20H23N3O5/c1-5-27-11-22-14(4)17(13(3)21-22)10-12(2)20(26)28-23-18(24)15-8-6-7-9-16(15)19(23)25/h6-9,12H,5,10-11H2,1-4H3. The van der Waals surface area contributed by atoms with Gasteiger partial charge < -0.3 is 9.57 Å². The lowest BCUT2D eigenvalue weighted by molar-refractivity contribution is -0.173. The summed E-state index contributed by atoms with van der Waals surface area (Å²) in [6.07, 6.45) is 0.381. The number of hydroxylamine groups is 2. The van der Waals surface area contributed by atoms with Crippen molar-refractivity contribution in [2.24, 2.45) is 5.92 Å². The summed E-state index contributed by atoms with van der Waals surface area (Å²) in [5.41, 5.74) is 3.10. The molecule has 8 heteroatoms. The Labute approximate surface area is 163 Å². The first-order chi connectivity index (χ1) is 13.3. The number of hydrogen-bond acceptors (Lipinski definition) is 6. The molecule has 2 heterocycles. The van der Waals surface area contributed by atoms with E-state index in [1.807, 2.05) is 20.8 Å². The van der Waals surface area contributed by atoms with Crippen LogP contribution in [0.25, 0.3) is 0 Å². The van der Waals surface area contributed by atoms with Crippen molar-refractivity contribution in [2.45, 2.75) is 40.8 Å². The van der Waals surface area contributed by atoms with Crippen molar-refractivity contribution in [3.63, 3.8) is 0 Å². The molecule has 3 rings (SSSR count). The molecule has 1 unspecified atom stereocenters. The molecule has 148 valence electrons. The van der Waals surface area contributed by atoms with Crippen molar-refractivity contribution in [1.29, 1.82) is 0 Å². The fourth-order valence-electron chi connectivity index (χ4n) is 3.15. The number of fused-ring (bicyclic) bond motifs is 1.